The van der Waals surface area contributed by atoms with Crippen LogP contribution in [0.2, 0.25) is 0 Å². The molecule has 0 aliphatic rings. The second-order valence-corrected chi connectivity index (χ2v) is 7.02. The Morgan fingerprint density at radius 2 is 1.33 bits per heavy atom. The highest BCUT2D eigenvalue weighted by Crippen LogP contribution is 2.33. The highest BCUT2D eigenvalue weighted by molar-refractivity contribution is 6.11. The molecule has 0 unspecified atom stereocenters. The molecule has 0 spiro atoms. The minimum absolute atomic E-state index is 0.0252. The van der Waals surface area contributed by atoms with Gasteiger partial charge in [0.2, 0.25) is 0 Å². The van der Waals surface area contributed by atoms with Crippen LogP contribution in [0, 0.1) is 6.92 Å². The normalized spacial score (nSPS) is 11.7. The molecule has 172 valence electrons. The van der Waals surface area contributed by atoms with Crippen molar-refractivity contribution in [2.24, 2.45) is 0 Å². The molecule has 10 heteroatoms. The Morgan fingerprint density at radius 3 is 1.94 bits per heavy atom. The van der Waals surface area contributed by atoms with Gasteiger partial charge < -0.3 is 10.6 Å². The summed E-state index contributed by atoms with van der Waals surface area (Å²) < 4.78 is 77.9. The predicted molar refractivity (Wildman–Crippen MR) is 110 cm³/mol. The Hall–Kier alpha value is -3.82. The summed E-state index contributed by atoms with van der Waals surface area (Å²) in [6.45, 7) is 1.59. The molecular formula is C23H16F6N2O2. The van der Waals surface area contributed by atoms with Crippen molar-refractivity contribution < 1.29 is 35.9 Å². The Kier molecular flexibility index (Phi) is 6.48. The van der Waals surface area contributed by atoms with Gasteiger partial charge in [-0.05, 0) is 55.0 Å². The smallest absolute Gasteiger partial charge is 0.320 e. The summed E-state index contributed by atoms with van der Waals surface area (Å²) >= 11 is 0. The number of nitrogens with one attached hydrogen (secondary N) is 2. The molecule has 0 aliphatic heterocycles. The van der Waals surface area contributed by atoms with Crippen LogP contribution in [-0.4, -0.2) is 11.8 Å². The zero-order valence-electron chi connectivity index (χ0n) is 16.9. The molecule has 3 aromatic rings. The van der Waals surface area contributed by atoms with E-state index in [1.54, 1.807) is 13.0 Å². The highest BCUT2D eigenvalue weighted by Gasteiger charge is 2.35. The number of hydrogen-bond donors (Lipinski definition) is 2. The lowest BCUT2D eigenvalue weighted by Gasteiger charge is -2.17. The molecule has 0 radical (unpaired) electrons. The number of carbonyl (C=O) groups excluding carboxylic acids is 2. The van der Waals surface area contributed by atoms with E-state index >= 15 is 0 Å². The van der Waals surface area contributed by atoms with E-state index in [4.69, 9.17) is 0 Å². The first-order chi connectivity index (χ1) is 15.4. The topological polar surface area (TPSA) is 58.2 Å². The first-order valence-corrected chi connectivity index (χ1v) is 9.43. The van der Waals surface area contributed by atoms with Crippen molar-refractivity contribution in [3.63, 3.8) is 0 Å². The van der Waals surface area contributed by atoms with Crippen molar-refractivity contribution in [1.82, 2.24) is 0 Å². The number of para-hydroxylation sites is 1. The molecule has 2 amide bonds. The second kappa shape index (κ2) is 8.97. The standard InChI is InChI=1S/C23H16F6N2O2/c1-13-5-4-8-18(30-21(33)16-6-2-3-7-17(16)23(27,28)29)19(13)31-20(32)14-9-11-15(12-10-14)22(24,25)26/h2-12H,1H3,(H,30,33)(H,31,32). The largest absolute Gasteiger partial charge is 0.417 e. The van der Waals surface area contributed by atoms with Crippen LogP contribution < -0.4 is 10.6 Å². The van der Waals surface area contributed by atoms with E-state index in [1.807, 2.05) is 0 Å². The number of carbonyl (C=O) groups is 2. The van der Waals surface area contributed by atoms with E-state index in [1.165, 1.54) is 18.2 Å². The molecule has 0 bridgehead atoms. The number of alkyl halides is 6. The second-order valence-electron chi connectivity index (χ2n) is 7.02. The monoisotopic (exact) mass is 466 g/mol. The van der Waals surface area contributed by atoms with Gasteiger partial charge in [-0.25, -0.2) is 0 Å². The molecule has 0 saturated heterocycles. The number of amides is 2. The molecule has 2 N–H and O–H groups in total. The average Bonchev–Trinajstić information content (AvgIpc) is 2.75. The van der Waals surface area contributed by atoms with Crippen LogP contribution in [-0.2, 0) is 12.4 Å². The number of benzene rings is 3. The van der Waals surface area contributed by atoms with E-state index in [0.717, 1.165) is 42.5 Å². The molecule has 0 heterocycles. The molecule has 0 fully saturated rings. The van der Waals surface area contributed by atoms with Gasteiger partial charge in [-0.2, -0.15) is 26.3 Å². The molecule has 4 nitrogen and oxygen atoms in total. The van der Waals surface area contributed by atoms with Gasteiger partial charge in [-0.3, -0.25) is 9.59 Å². The number of halogens is 6. The first-order valence-electron chi connectivity index (χ1n) is 9.43. The van der Waals surface area contributed by atoms with Crippen LogP contribution in [0.25, 0.3) is 0 Å². The summed E-state index contributed by atoms with van der Waals surface area (Å²) in [6, 6.07) is 12.2. The van der Waals surface area contributed by atoms with Crippen molar-refractivity contribution in [3.05, 3.63) is 94.5 Å². The molecular weight excluding hydrogens is 450 g/mol. The molecule has 3 aromatic carbocycles. The molecule has 0 aromatic heterocycles. The Morgan fingerprint density at radius 1 is 0.697 bits per heavy atom. The lowest BCUT2D eigenvalue weighted by Crippen LogP contribution is -2.20. The number of hydrogen-bond acceptors (Lipinski definition) is 2. The number of rotatable bonds is 4. The van der Waals surface area contributed by atoms with Gasteiger partial charge in [0.15, 0.2) is 0 Å². The predicted octanol–water partition coefficient (Wildman–Crippen LogP) is 6.54. The van der Waals surface area contributed by atoms with Gasteiger partial charge in [0.25, 0.3) is 11.8 Å². The summed E-state index contributed by atoms with van der Waals surface area (Å²) in [5.74, 6) is -1.80. The molecule has 0 aliphatic carbocycles. The number of aryl methyl sites for hydroxylation is 1. The Balaban J connectivity index is 1.87. The van der Waals surface area contributed by atoms with Crippen molar-refractivity contribution >= 4 is 23.2 Å². The summed E-state index contributed by atoms with van der Waals surface area (Å²) in [5.41, 5.74) is -2.14. The highest BCUT2D eigenvalue weighted by atomic mass is 19.4. The van der Waals surface area contributed by atoms with Crippen molar-refractivity contribution in [3.8, 4) is 0 Å². The Bertz CT molecular complexity index is 1180. The first kappa shape index (κ1) is 23.8. The summed E-state index contributed by atoms with van der Waals surface area (Å²) in [7, 11) is 0. The van der Waals surface area contributed by atoms with Gasteiger partial charge in [0.05, 0.1) is 28.1 Å². The average molecular weight is 466 g/mol. The van der Waals surface area contributed by atoms with E-state index in [0.29, 0.717) is 5.56 Å². The van der Waals surface area contributed by atoms with Crippen LogP contribution in [0.3, 0.4) is 0 Å². The fourth-order valence-corrected chi connectivity index (χ4v) is 3.05. The third-order valence-electron chi connectivity index (χ3n) is 4.71. The van der Waals surface area contributed by atoms with E-state index in [-0.39, 0.29) is 16.9 Å². The zero-order valence-corrected chi connectivity index (χ0v) is 16.9. The molecule has 33 heavy (non-hydrogen) atoms. The lowest BCUT2D eigenvalue weighted by atomic mass is 10.1. The SMILES string of the molecule is Cc1cccc(NC(=O)c2ccccc2C(F)(F)F)c1NC(=O)c1ccc(C(F)(F)F)cc1. The lowest BCUT2D eigenvalue weighted by molar-refractivity contribution is -0.138. The van der Waals surface area contributed by atoms with Crippen molar-refractivity contribution in [2.75, 3.05) is 10.6 Å². The van der Waals surface area contributed by atoms with E-state index < -0.39 is 40.9 Å². The third-order valence-corrected chi connectivity index (χ3v) is 4.71. The van der Waals surface area contributed by atoms with Crippen LogP contribution >= 0.6 is 0 Å². The van der Waals surface area contributed by atoms with Gasteiger partial charge in [0, 0.05) is 5.56 Å². The quantitative estimate of drug-likeness (QED) is 0.429. The van der Waals surface area contributed by atoms with Gasteiger partial charge in [-0.15, -0.1) is 0 Å². The van der Waals surface area contributed by atoms with Crippen molar-refractivity contribution in [1.29, 1.82) is 0 Å². The van der Waals surface area contributed by atoms with Gasteiger partial charge in [-0.1, -0.05) is 24.3 Å². The minimum atomic E-state index is -4.75. The summed E-state index contributed by atoms with van der Waals surface area (Å²) in [6.07, 6.45) is -9.31. The maximum atomic E-state index is 13.2. The van der Waals surface area contributed by atoms with E-state index in [9.17, 15) is 35.9 Å². The number of anilines is 2. The Labute approximate surface area is 184 Å². The van der Waals surface area contributed by atoms with E-state index in [2.05, 4.69) is 10.6 Å². The van der Waals surface area contributed by atoms with Crippen LogP contribution in [0.15, 0.2) is 66.7 Å². The fraction of sp³-hybridized carbons (Fsp3) is 0.130. The van der Waals surface area contributed by atoms with Crippen molar-refractivity contribution in [2.45, 2.75) is 19.3 Å². The van der Waals surface area contributed by atoms with Crippen LogP contribution in [0.4, 0.5) is 37.7 Å². The van der Waals surface area contributed by atoms with Crippen LogP contribution in [0.1, 0.15) is 37.4 Å². The molecule has 3 rings (SSSR count). The fourth-order valence-electron chi connectivity index (χ4n) is 3.05. The maximum Gasteiger partial charge on any atom is 0.417 e. The zero-order chi connectivity index (χ0) is 24.4. The summed E-state index contributed by atoms with van der Waals surface area (Å²) in [4.78, 5) is 25.2. The third kappa shape index (κ3) is 5.51. The van der Waals surface area contributed by atoms with Crippen LogP contribution in [0.5, 0.6) is 0 Å². The summed E-state index contributed by atoms with van der Waals surface area (Å²) in [5, 5.41) is 4.86. The maximum absolute atomic E-state index is 13.2. The van der Waals surface area contributed by atoms with Gasteiger partial charge in [0.1, 0.15) is 0 Å². The van der Waals surface area contributed by atoms with Gasteiger partial charge >= 0.3 is 12.4 Å². The molecule has 0 saturated carbocycles. The minimum Gasteiger partial charge on any atom is -0.320 e. The molecule has 0 atom stereocenters.